The van der Waals surface area contributed by atoms with Gasteiger partial charge in [0.1, 0.15) is 5.00 Å². The molecule has 1 aromatic heterocycles. The molecule has 3 rings (SSSR count). The first kappa shape index (κ1) is 18.7. The summed E-state index contributed by atoms with van der Waals surface area (Å²) in [5.74, 6) is -0.354. The van der Waals surface area contributed by atoms with Crippen molar-refractivity contribution in [3.05, 3.63) is 56.9 Å². The topological polar surface area (TPSA) is 58.2 Å². The zero-order valence-electron chi connectivity index (χ0n) is 14.6. The summed E-state index contributed by atoms with van der Waals surface area (Å²) in [5.41, 5.74) is 2.63. The zero-order valence-corrected chi connectivity index (χ0v) is 16.2. The van der Waals surface area contributed by atoms with E-state index in [1.807, 2.05) is 19.1 Å². The first-order valence-corrected chi connectivity index (χ1v) is 9.95. The highest BCUT2D eigenvalue weighted by atomic mass is 35.5. The van der Waals surface area contributed by atoms with Gasteiger partial charge < -0.3 is 10.6 Å². The van der Waals surface area contributed by atoms with Crippen molar-refractivity contribution in [3.63, 3.8) is 0 Å². The van der Waals surface area contributed by atoms with Crippen LogP contribution in [0.4, 0.5) is 5.00 Å². The number of thiophene rings is 1. The Morgan fingerprint density at radius 1 is 1.19 bits per heavy atom. The Balaban J connectivity index is 1.80. The van der Waals surface area contributed by atoms with E-state index in [9.17, 15) is 9.59 Å². The smallest absolute Gasteiger partial charge is 0.254 e. The van der Waals surface area contributed by atoms with E-state index in [1.54, 1.807) is 18.2 Å². The molecule has 1 aromatic carbocycles. The van der Waals surface area contributed by atoms with Gasteiger partial charge in [0, 0.05) is 22.5 Å². The molecule has 0 unspecified atom stereocenters. The fraction of sp³-hybridized carbons (Fsp3) is 0.300. The normalized spacial score (nSPS) is 13.5. The van der Waals surface area contributed by atoms with Gasteiger partial charge in [-0.15, -0.1) is 11.3 Å². The lowest BCUT2D eigenvalue weighted by Crippen LogP contribution is -2.25. The van der Waals surface area contributed by atoms with Crippen molar-refractivity contribution in [2.24, 2.45) is 0 Å². The molecular formula is C20H21ClN2O2S. The minimum atomic E-state index is -0.246. The van der Waals surface area contributed by atoms with Crippen LogP contribution < -0.4 is 10.6 Å². The quantitative estimate of drug-likeness (QED) is 0.730. The number of carbonyl (C=O) groups is 2. The Hall–Kier alpha value is -2.11. The summed E-state index contributed by atoms with van der Waals surface area (Å²) in [6.07, 6.45) is 7.29. The molecular weight excluding hydrogens is 368 g/mol. The second-order valence-corrected chi connectivity index (χ2v) is 7.69. The second kappa shape index (κ2) is 8.52. The number of hydrogen-bond donors (Lipinski definition) is 2. The molecule has 0 spiro atoms. The molecule has 0 saturated heterocycles. The van der Waals surface area contributed by atoms with Crippen molar-refractivity contribution in [2.45, 2.75) is 32.6 Å². The first-order valence-electron chi connectivity index (χ1n) is 8.76. The van der Waals surface area contributed by atoms with Gasteiger partial charge in [-0.05, 0) is 61.9 Å². The molecule has 0 aliphatic heterocycles. The number of hydrogen-bond acceptors (Lipinski definition) is 3. The summed E-state index contributed by atoms with van der Waals surface area (Å²) in [4.78, 5) is 26.1. The molecule has 136 valence electrons. The van der Waals surface area contributed by atoms with Crippen molar-refractivity contribution in [2.75, 3.05) is 11.9 Å². The van der Waals surface area contributed by atoms with Crippen LogP contribution in [0.1, 0.15) is 46.1 Å². The number of fused-ring (bicyclic) bond motifs is 1. The third-order valence-electron chi connectivity index (χ3n) is 4.27. The molecule has 26 heavy (non-hydrogen) atoms. The van der Waals surface area contributed by atoms with Crippen LogP contribution in [0.2, 0.25) is 5.02 Å². The fourth-order valence-electron chi connectivity index (χ4n) is 3.04. The Labute approximate surface area is 162 Å². The fourth-order valence-corrected chi connectivity index (χ4v) is 4.46. The monoisotopic (exact) mass is 388 g/mol. The Morgan fingerprint density at radius 2 is 1.92 bits per heavy atom. The zero-order chi connectivity index (χ0) is 18.5. The maximum atomic E-state index is 12.5. The maximum Gasteiger partial charge on any atom is 0.254 e. The molecule has 0 radical (unpaired) electrons. The largest absolute Gasteiger partial charge is 0.352 e. The van der Waals surface area contributed by atoms with Gasteiger partial charge in [0.2, 0.25) is 5.91 Å². The SMILES string of the molecule is CCNC(=O)c1c(NC(=O)/C=C/c2ccc(Cl)cc2)sc2c1CCCC2. The highest BCUT2D eigenvalue weighted by Gasteiger charge is 2.25. The van der Waals surface area contributed by atoms with Gasteiger partial charge in [-0.1, -0.05) is 23.7 Å². The molecule has 0 bridgehead atoms. The summed E-state index contributed by atoms with van der Waals surface area (Å²) in [7, 11) is 0. The highest BCUT2D eigenvalue weighted by Crippen LogP contribution is 2.38. The molecule has 0 fully saturated rings. The molecule has 1 aliphatic carbocycles. The predicted molar refractivity (Wildman–Crippen MR) is 108 cm³/mol. The number of nitrogens with one attached hydrogen (secondary N) is 2. The van der Waals surface area contributed by atoms with Crippen LogP contribution >= 0.6 is 22.9 Å². The standard InChI is InChI=1S/C20H21ClN2O2S/c1-2-22-19(25)18-15-5-3-4-6-16(15)26-20(18)23-17(24)12-9-13-7-10-14(21)11-8-13/h7-12H,2-6H2,1H3,(H,22,25)(H,23,24)/b12-9+. The van der Waals surface area contributed by atoms with Crippen molar-refractivity contribution in [3.8, 4) is 0 Å². The van der Waals surface area contributed by atoms with Crippen LogP contribution in [-0.4, -0.2) is 18.4 Å². The van der Waals surface area contributed by atoms with Crippen LogP contribution in [0.15, 0.2) is 30.3 Å². The minimum absolute atomic E-state index is 0.108. The van der Waals surface area contributed by atoms with Crippen LogP contribution in [0.5, 0.6) is 0 Å². The van der Waals surface area contributed by atoms with Crippen molar-refractivity contribution >= 4 is 45.8 Å². The Kier molecular flexibility index (Phi) is 6.12. The Morgan fingerprint density at radius 3 is 2.65 bits per heavy atom. The van der Waals surface area contributed by atoms with Crippen molar-refractivity contribution in [1.29, 1.82) is 0 Å². The molecule has 1 heterocycles. The number of amides is 2. The molecule has 2 amide bonds. The molecule has 4 nitrogen and oxygen atoms in total. The molecule has 0 atom stereocenters. The average Bonchev–Trinajstić information content (AvgIpc) is 2.99. The van der Waals surface area contributed by atoms with E-state index in [4.69, 9.17) is 11.6 Å². The van der Waals surface area contributed by atoms with E-state index in [0.29, 0.717) is 22.1 Å². The van der Waals surface area contributed by atoms with Gasteiger partial charge in [0.15, 0.2) is 0 Å². The lowest BCUT2D eigenvalue weighted by atomic mass is 9.95. The number of rotatable bonds is 5. The van der Waals surface area contributed by atoms with Crippen LogP contribution in [-0.2, 0) is 17.6 Å². The van der Waals surface area contributed by atoms with Crippen molar-refractivity contribution < 1.29 is 9.59 Å². The van der Waals surface area contributed by atoms with Gasteiger partial charge in [-0.25, -0.2) is 0 Å². The van der Waals surface area contributed by atoms with E-state index in [2.05, 4.69) is 10.6 Å². The Bertz CT molecular complexity index is 840. The van der Waals surface area contributed by atoms with Crippen LogP contribution in [0.25, 0.3) is 6.08 Å². The van der Waals surface area contributed by atoms with Gasteiger partial charge >= 0.3 is 0 Å². The number of halogens is 1. The molecule has 0 saturated carbocycles. The van der Waals surface area contributed by atoms with Crippen LogP contribution in [0, 0.1) is 0 Å². The molecule has 2 aromatic rings. The minimum Gasteiger partial charge on any atom is -0.352 e. The van der Waals surface area contributed by atoms with E-state index in [-0.39, 0.29) is 11.8 Å². The summed E-state index contributed by atoms with van der Waals surface area (Å²) in [5, 5.41) is 7.06. The number of benzene rings is 1. The maximum absolute atomic E-state index is 12.5. The molecule has 1 aliphatic rings. The summed E-state index contributed by atoms with van der Waals surface area (Å²) in [6.45, 7) is 2.46. The van der Waals surface area contributed by atoms with E-state index < -0.39 is 0 Å². The van der Waals surface area contributed by atoms with Gasteiger partial charge in [-0.3, -0.25) is 9.59 Å². The van der Waals surface area contributed by atoms with Crippen molar-refractivity contribution in [1.82, 2.24) is 5.32 Å². The number of anilines is 1. The van der Waals surface area contributed by atoms with Gasteiger partial charge in [0.25, 0.3) is 5.91 Å². The van der Waals surface area contributed by atoms with E-state index in [1.165, 1.54) is 22.3 Å². The number of carbonyl (C=O) groups excluding carboxylic acids is 2. The van der Waals surface area contributed by atoms with Gasteiger partial charge in [0.05, 0.1) is 5.56 Å². The van der Waals surface area contributed by atoms with E-state index >= 15 is 0 Å². The first-order chi connectivity index (χ1) is 12.6. The average molecular weight is 389 g/mol. The van der Waals surface area contributed by atoms with Gasteiger partial charge in [-0.2, -0.15) is 0 Å². The summed E-state index contributed by atoms with van der Waals surface area (Å²) >= 11 is 7.39. The van der Waals surface area contributed by atoms with Crippen LogP contribution in [0.3, 0.4) is 0 Å². The number of aryl methyl sites for hydroxylation is 1. The summed E-state index contributed by atoms with van der Waals surface area (Å²) in [6, 6.07) is 7.24. The third kappa shape index (κ3) is 4.34. The third-order valence-corrected chi connectivity index (χ3v) is 5.73. The lowest BCUT2D eigenvalue weighted by molar-refractivity contribution is -0.111. The lowest BCUT2D eigenvalue weighted by Gasteiger charge is -2.12. The van der Waals surface area contributed by atoms with E-state index in [0.717, 1.165) is 36.8 Å². The molecule has 6 heteroatoms. The highest BCUT2D eigenvalue weighted by molar-refractivity contribution is 7.17. The predicted octanol–water partition coefficient (Wildman–Crippen LogP) is 4.68. The second-order valence-electron chi connectivity index (χ2n) is 6.15. The molecule has 2 N–H and O–H groups in total. The summed E-state index contributed by atoms with van der Waals surface area (Å²) < 4.78 is 0.